The van der Waals surface area contributed by atoms with E-state index < -0.39 is 12.4 Å². The van der Waals surface area contributed by atoms with Crippen LogP contribution in [0.1, 0.15) is 12.7 Å². The summed E-state index contributed by atoms with van der Waals surface area (Å²) >= 11 is 0. The van der Waals surface area contributed by atoms with Crippen molar-refractivity contribution in [3.05, 3.63) is 54.1 Å². The van der Waals surface area contributed by atoms with E-state index in [1.807, 2.05) is 6.92 Å². The number of nitrogens with one attached hydrogen (secondary N) is 1. The summed E-state index contributed by atoms with van der Waals surface area (Å²) in [5.41, 5.74) is 7.07. The van der Waals surface area contributed by atoms with Crippen LogP contribution in [0.5, 0.6) is 5.75 Å². The maximum Gasteiger partial charge on any atom is 0.387 e. The zero-order valence-electron chi connectivity index (χ0n) is 15.7. The molecule has 11 heteroatoms. The quantitative estimate of drug-likeness (QED) is 0.493. The Morgan fingerprint density at radius 3 is 2.53 bits per heavy atom. The number of rotatable bonds is 6. The molecule has 2 aromatic heterocycles. The first kappa shape index (κ1) is 19.4. The van der Waals surface area contributed by atoms with Crippen molar-refractivity contribution in [2.24, 2.45) is 0 Å². The van der Waals surface area contributed by atoms with Gasteiger partial charge in [0, 0.05) is 12.1 Å². The molecule has 4 rings (SSSR count). The van der Waals surface area contributed by atoms with Gasteiger partial charge in [-0.3, -0.25) is 4.57 Å². The van der Waals surface area contributed by atoms with Gasteiger partial charge in [0.25, 0.3) is 0 Å². The fourth-order valence-electron chi connectivity index (χ4n) is 2.96. The third-order valence-electron chi connectivity index (χ3n) is 4.20. The first-order valence-electron chi connectivity index (χ1n) is 8.94. The van der Waals surface area contributed by atoms with Crippen LogP contribution in [0.4, 0.5) is 30.8 Å². The first-order valence-corrected chi connectivity index (χ1v) is 8.94. The molecule has 154 valence electrons. The first-order chi connectivity index (χ1) is 14.4. The molecule has 0 atom stereocenters. The Morgan fingerprint density at radius 1 is 1.07 bits per heavy atom. The Morgan fingerprint density at radius 2 is 1.83 bits per heavy atom. The molecule has 0 amide bonds. The lowest BCUT2D eigenvalue weighted by atomic mass is 10.3. The number of nitrogen functional groups attached to an aromatic ring is 1. The van der Waals surface area contributed by atoms with Crippen LogP contribution >= 0.6 is 0 Å². The molecule has 0 aliphatic rings. The lowest BCUT2D eigenvalue weighted by Crippen LogP contribution is -2.11. The Bertz CT molecular complexity index is 1190. The second-order valence-electron chi connectivity index (χ2n) is 6.17. The molecule has 0 saturated heterocycles. The number of nitrogens with zero attached hydrogens (tertiary/aromatic N) is 5. The highest BCUT2D eigenvalue weighted by Crippen LogP contribution is 2.24. The molecule has 2 aromatic carbocycles. The summed E-state index contributed by atoms with van der Waals surface area (Å²) in [6.45, 7) is -1.03. The van der Waals surface area contributed by atoms with Gasteiger partial charge < -0.3 is 15.8 Å². The van der Waals surface area contributed by atoms with Gasteiger partial charge in [0.05, 0.1) is 5.52 Å². The van der Waals surface area contributed by atoms with E-state index in [9.17, 15) is 13.2 Å². The van der Waals surface area contributed by atoms with Crippen LogP contribution in [-0.2, 0) is 6.42 Å². The third kappa shape index (κ3) is 3.81. The van der Waals surface area contributed by atoms with Crippen molar-refractivity contribution < 1.29 is 17.9 Å². The van der Waals surface area contributed by atoms with Gasteiger partial charge in [0.2, 0.25) is 17.8 Å². The van der Waals surface area contributed by atoms with Crippen LogP contribution in [0.25, 0.3) is 17.0 Å². The average molecular weight is 415 g/mol. The SMILES string of the molecule is CCc1nc2c(F)cccc2n1-c1nc(N)nc(Nc2ccc(OC(F)F)cc2)n1. The van der Waals surface area contributed by atoms with Gasteiger partial charge in [-0.25, -0.2) is 9.37 Å². The van der Waals surface area contributed by atoms with Crippen molar-refractivity contribution in [2.45, 2.75) is 20.0 Å². The van der Waals surface area contributed by atoms with Crippen molar-refractivity contribution in [1.82, 2.24) is 24.5 Å². The minimum Gasteiger partial charge on any atom is -0.435 e. The number of benzene rings is 2. The summed E-state index contributed by atoms with van der Waals surface area (Å²) < 4.78 is 44.7. The van der Waals surface area contributed by atoms with Crippen LogP contribution in [0, 0.1) is 5.82 Å². The summed E-state index contributed by atoms with van der Waals surface area (Å²) in [5, 5.41) is 2.93. The van der Waals surface area contributed by atoms with E-state index in [0.717, 1.165) is 0 Å². The van der Waals surface area contributed by atoms with Crippen LogP contribution in [0.15, 0.2) is 42.5 Å². The molecule has 4 aromatic rings. The van der Waals surface area contributed by atoms with E-state index in [1.54, 1.807) is 16.7 Å². The molecule has 0 aliphatic carbocycles. The normalized spacial score (nSPS) is 11.2. The standard InChI is InChI=1S/C19H16F3N7O/c1-2-14-25-15-12(20)4-3-5-13(15)29(14)19-27-17(23)26-18(28-19)24-10-6-8-11(9-7-10)30-16(21)22/h3-9,16H,2H2,1H3,(H3,23,24,26,27,28). The Kier molecular flexibility index (Phi) is 5.09. The number of ether oxygens (including phenoxy) is 1. The number of aromatic nitrogens is 5. The predicted octanol–water partition coefficient (Wildman–Crippen LogP) is 3.84. The highest BCUT2D eigenvalue weighted by molar-refractivity contribution is 5.78. The molecule has 0 aliphatic heterocycles. The monoisotopic (exact) mass is 415 g/mol. The molecule has 0 bridgehead atoms. The number of para-hydroxylation sites is 1. The van der Waals surface area contributed by atoms with E-state index in [-0.39, 0.29) is 29.1 Å². The second kappa shape index (κ2) is 7.85. The molecule has 0 unspecified atom stereocenters. The largest absolute Gasteiger partial charge is 0.435 e. The van der Waals surface area contributed by atoms with Gasteiger partial charge in [-0.1, -0.05) is 13.0 Å². The van der Waals surface area contributed by atoms with Gasteiger partial charge in [-0.15, -0.1) is 0 Å². The maximum absolute atomic E-state index is 14.2. The predicted molar refractivity (Wildman–Crippen MR) is 105 cm³/mol. The van der Waals surface area contributed by atoms with E-state index in [0.29, 0.717) is 23.4 Å². The number of halogens is 3. The van der Waals surface area contributed by atoms with Gasteiger partial charge in [-0.2, -0.15) is 23.7 Å². The lowest BCUT2D eigenvalue weighted by Gasteiger charge is -2.10. The topological polar surface area (TPSA) is 104 Å². The molecule has 2 heterocycles. The maximum atomic E-state index is 14.2. The zero-order chi connectivity index (χ0) is 21.3. The highest BCUT2D eigenvalue weighted by Gasteiger charge is 2.17. The minimum absolute atomic E-state index is 0.0194. The molecule has 3 N–H and O–H groups in total. The smallest absolute Gasteiger partial charge is 0.387 e. The summed E-state index contributed by atoms with van der Waals surface area (Å²) in [4.78, 5) is 16.9. The number of hydrogen-bond acceptors (Lipinski definition) is 7. The molecule has 0 fully saturated rings. The van der Waals surface area contributed by atoms with Gasteiger partial charge >= 0.3 is 6.61 Å². The van der Waals surface area contributed by atoms with Crippen molar-refractivity contribution >= 4 is 28.6 Å². The number of imidazole rings is 1. The summed E-state index contributed by atoms with van der Waals surface area (Å²) in [6.07, 6.45) is 0.508. The van der Waals surface area contributed by atoms with Crippen LogP contribution in [0.2, 0.25) is 0 Å². The van der Waals surface area contributed by atoms with Crippen LogP contribution in [0.3, 0.4) is 0 Å². The van der Waals surface area contributed by atoms with Gasteiger partial charge in [-0.05, 0) is 36.4 Å². The fourth-order valence-corrected chi connectivity index (χ4v) is 2.96. The number of alkyl halides is 2. The van der Waals surface area contributed by atoms with E-state index in [1.165, 1.54) is 30.3 Å². The Labute approximate surface area is 168 Å². The van der Waals surface area contributed by atoms with E-state index in [2.05, 4.69) is 30.0 Å². The number of anilines is 3. The second-order valence-corrected chi connectivity index (χ2v) is 6.17. The molecule has 0 saturated carbocycles. The summed E-state index contributed by atoms with van der Waals surface area (Å²) in [6, 6.07) is 10.4. The van der Waals surface area contributed by atoms with Gasteiger partial charge in [0.15, 0.2) is 5.82 Å². The lowest BCUT2D eigenvalue weighted by molar-refractivity contribution is -0.0498. The fraction of sp³-hybridized carbons (Fsp3) is 0.158. The summed E-state index contributed by atoms with van der Waals surface area (Å²) in [5.74, 6) is 0.367. The number of nitrogens with two attached hydrogens (primary N) is 1. The van der Waals surface area contributed by atoms with Crippen molar-refractivity contribution in [1.29, 1.82) is 0 Å². The van der Waals surface area contributed by atoms with Crippen LogP contribution in [-0.4, -0.2) is 31.1 Å². The molecule has 30 heavy (non-hydrogen) atoms. The van der Waals surface area contributed by atoms with Crippen molar-refractivity contribution in [2.75, 3.05) is 11.1 Å². The molecule has 0 spiro atoms. The van der Waals surface area contributed by atoms with Crippen molar-refractivity contribution in [3.63, 3.8) is 0 Å². The third-order valence-corrected chi connectivity index (χ3v) is 4.20. The molecular formula is C19H16F3N7O. The Hall–Kier alpha value is -3.89. The number of aryl methyl sites for hydroxylation is 1. The van der Waals surface area contributed by atoms with E-state index in [4.69, 9.17) is 5.73 Å². The number of hydrogen-bond donors (Lipinski definition) is 2. The highest BCUT2D eigenvalue weighted by atomic mass is 19.3. The van der Waals surface area contributed by atoms with Gasteiger partial charge in [0.1, 0.15) is 17.1 Å². The molecular weight excluding hydrogens is 399 g/mol. The zero-order valence-corrected chi connectivity index (χ0v) is 15.7. The Balaban J connectivity index is 1.71. The van der Waals surface area contributed by atoms with Crippen LogP contribution < -0.4 is 15.8 Å². The number of fused-ring (bicyclic) bond motifs is 1. The van der Waals surface area contributed by atoms with E-state index >= 15 is 0 Å². The average Bonchev–Trinajstić information content (AvgIpc) is 3.09. The summed E-state index contributed by atoms with van der Waals surface area (Å²) in [7, 11) is 0. The molecule has 8 nitrogen and oxygen atoms in total. The minimum atomic E-state index is -2.91. The molecule has 0 radical (unpaired) electrons. The van der Waals surface area contributed by atoms with Crippen molar-refractivity contribution in [3.8, 4) is 11.7 Å².